The molecule has 1 N–H and O–H groups in total. The molecular formula is C17H24N2S2. The number of benzene rings is 1. The lowest BCUT2D eigenvalue weighted by Crippen LogP contribution is -2.22. The highest BCUT2D eigenvalue weighted by Crippen LogP contribution is 2.27. The Kier molecular flexibility index (Phi) is 6.74. The van der Waals surface area contributed by atoms with E-state index in [4.69, 9.17) is 0 Å². The van der Waals surface area contributed by atoms with Crippen molar-refractivity contribution in [2.45, 2.75) is 44.0 Å². The van der Waals surface area contributed by atoms with Gasteiger partial charge in [-0.05, 0) is 31.0 Å². The summed E-state index contributed by atoms with van der Waals surface area (Å²) in [7, 11) is 0. The first kappa shape index (κ1) is 16.5. The Bertz CT molecular complexity index is 534. The van der Waals surface area contributed by atoms with E-state index in [1.807, 2.05) is 11.8 Å². The predicted molar refractivity (Wildman–Crippen MR) is 94.4 cm³/mol. The van der Waals surface area contributed by atoms with Gasteiger partial charge in [0.05, 0.1) is 0 Å². The molecular weight excluding hydrogens is 296 g/mol. The molecule has 0 aliphatic carbocycles. The zero-order valence-electron chi connectivity index (χ0n) is 13.1. The maximum Gasteiger partial charge on any atom is 0.150 e. The van der Waals surface area contributed by atoms with E-state index in [1.54, 1.807) is 11.3 Å². The van der Waals surface area contributed by atoms with E-state index in [0.717, 1.165) is 22.3 Å². The van der Waals surface area contributed by atoms with Crippen LogP contribution in [0.2, 0.25) is 0 Å². The van der Waals surface area contributed by atoms with Crippen molar-refractivity contribution >= 4 is 23.1 Å². The van der Waals surface area contributed by atoms with Crippen molar-refractivity contribution in [1.29, 1.82) is 0 Å². The summed E-state index contributed by atoms with van der Waals surface area (Å²) in [5.41, 5.74) is 3.92. The Balaban J connectivity index is 2.00. The second-order valence-electron chi connectivity index (χ2n) is 5.17. The van der Waals surface area contributed by atoms with Gasteiger partial charge in [0.2, 0.25) is 0 Å². The van der Waals surface area contributed by atoms with E-state index in [9.17, 15) is 0 Å². The summed E-state index contributed by atoms with van der Waals surface area (Å²) >= 11 is 3.58. The first-order valence-corrected chi connectivity index (χ1v) is 9.46. The van der Waals surface area contributed by atoms with Crippen LogP contribution in [0.4, 0.5) is 0 Å². The fraction of sp³-hybridized carbons (Fsp3) is 0.471. The zero-order valence-corrected chi connectivity index (χ0v) is 14.7. The first-order valence-electron chi connectivity index (χ1n) is 7.60. The molecule has 0 fully saturated rings. The first-order chi connectivity index (χ1) is 10.2. The number of hydrogen-bond donors (Lipinski definition) is 1. The molecule has 0 aliphatic heterocycles. The summed E-state index contributed by atoms with van der Waals surface area (Å²) in [6, 6.07) is 9.46. The maximum atomic E-state index is 4.53. The van der Waals surface area contributed by atoms with E-state index in [0.29, 0.717) is 6.04 Å². The van der Waals surface area contributed by atoms with Crippen molar-refractivity contribution in [3.8, 4) is 0 Å². The third-order valence-corrected chi connectivity index (χ3v) is 5.58. The van der Waals surface area contributed by atoms with Crippen LogP contribution in [0.15, 0.2) is 34.0 Å². The van der Waals surface area contributed by atoms with Crippen molar-refractivity contribution in [2.24, 2.45) is 0 Å². The van der Waals surface area contributed by atoms with Gasteiger partial charge in [0.1, 0.15) is 4.34 Å². The summed E-state index contributed by atoms with van der Waals surface area (Å²) in [6.45, 7) is 7.42. The second kappa shape index (κ2) is 8.57. The summed E-state index contributed by atoms with van der Waals surface area (Å²) in [5.74, 6) is 1.02. The van der Waals surface area contributed by atoms with E-state index in [-0.39, 0.29) is 0 Å². The minimum atomic E-state index is 0.389. The minimum absolute atomic E-state index is 0.389. The zero-order chi connectivity index (χ0) is 15.1. The van der Waals surface area contributed by atoms with Gasteiger partial charge in [0.15, 0.2) is 0 Å². The monoisotopic (exact) mass is 320 g/mol. The van der Waals surface area contributed by atoms with Gasteiger partial charge in [-0.15, -0.1) is 11.3 Å². The molecule has 0 aliphatic rings. The van der Waals surface area contributed by atoms with Gasteiger partial charge in [-0.3, -0.25) is 0 Å². The number of nitrogens with one attached hydrogen (secondary N) is 1. The number of thioether (sulfide) groups is 1. The van der Waals surface area contributed by atoms with Gasteiger partial charge in [-0.25, -0.2) is 4.98 Å². The average Bonchev–Trinajstić information content (AvgIpc) is 2.90. The largest absolute Gasteiger partial charge is 0.309 e. The number of thiazole rings is 1. The Morgan fingerprint density at radius 2 is 2.00 bits per heavy atom. The van der Waals surface area contributed by atoms with Crippen LogP contribution in [-0.2, 0) is 6.42 Å². The molecule has 1 aromatic heterocycles. The SMILES string of the molecule is CCCc1ccc(C(CSc2nc(C)cs2)NCC)cc1. The van der Waals surface area contributed by atoms with Gasteiger partial charge in [-0.1, -0.05) is 56.3 Å². The average molecular weight is 321 g/mol. The molecule has 1 heterocycles. The molecule has 2 rings (SSSR count). The van der Waals surface area contributed by atoms with Gasteiger partial charge in [-0.2, -0.15) is 0 Å². The van der Waals surface area contributed by atoms with Gasteiger partial charge >= 0.3 is 0 Å². The Morgan fingerprint density at radius 3 is 2.57 bits per heavy atom. The molecule has 0 saturated carbocycles. The van der Waals surface area contributed by atoms with Crippen molar-refractivity contribution in [3.63, 3.8) is 0 Å². The summed E-state index contributed by atoms with van der Waals surface area (Å²) in [4.78, 5) is 4.53. The standard InChI is InChI=1S/C17H24N2S2/c1-4-6-14-7-9-15(10-8-14)16(18-5-2)12-21-17-19-13(3)11-20-17/h7-11,16,18H,4-6,12H2,1-3H3. The number of hydrogen-bond acceptors (Lipinski definition) is 4. The van der Waals surface area contributed by atoms with Crippen LogP contribution in [0, 0.1) is 6.92 Å². The third kappa shape index (κ3) is 5.13. The minimum Gasteiger partial charge on any atom is -0.309 e. The molecule has 0 saturated heterocycles. The highest BCUT2D eigenvalue weighted by atomic mass is 32.2. The summed E-state index contributed by atoms with van der Waals surface area (Å²) in [6.07, 6.45) is 2.37. The lowest BCUT2D eigenvalue weighted by molar-refractivity contribution is 0.605. The number of rotatable bonds is 8. The van der Waals surface area contributed by atoms with Crippen LogP contribution in [0.1, 0.15) is 43.1 Å². The fourth-order valence-corrected chi connectivity index (χ4v) is 4.25. The predicted octanol–water partition coefficient (Wildman–Crippen LogP) is 4.85. The van der Waals surface area contributed by atoms with Gasteiger partial charge in [0, 0.05) is 22.9 Å². The highest BCUT2D eigenvalue weighted by molar-refractivity contribution is 8.01. The van der Waals surface area contributed by atoms with E-state index in [1.165, 1.54) is 24.0 Å². The smallest absolute Gasteiger partial charge is 0.150 e. The molecule has 1 unspecified atom stereocenters. The van der Waals surface area contributed by atoms with E-state index < -0.39 is 0 Å². The molecule has 0 bridgehead atoms. The molecule has 4 heteroatoms. The van der Waals surface area contributed by atoms with E-state index >= 15 is 0 Å². The molecule has 2 nitrogen and oxygen atoms in total. The summed E-state index contributed by atoms with van der Waals surface area (Å²) in [5, 5.41) is 5.70. The Labute approximate surface area is 136 Å². The Morgan fingerprint density at radius 1 is 1.24 bits per heavy atom. The third-order valence-electron chi connectivity index (χ3n) is 3.34. The van der Waals surface area contributed by atoms with Crippen LogP contribution in [-0.4, -0.2) is 17.3 Å². The maximum absolute atomic E-state index is 4.53. The molecule has 0 spiro atoms. The van der Waals surface area contributed by atoms with Crippen LogP contribution in [0.25, 0.3) is 0 Å². The molecule has 2 aromatic rings. The molecule has 114 valence electrons. The number of aromatic nitrogens is 1. The van der Waals surface area contributed by atoms with Crippen molar-refractivity contribution in [2.75, 3.05) is 12.3 Å². The molecule has 0 radical (unpaired) electrons. The normalized spacial score (nSPS) is 12.5. The number of nitrogens with zero attached hydrogens (tertiary/aromatic N) is 1. The molecule has 21 heavy (non-hydrogen) atoms. The van der Waals surface area contributed by atoms with Crippen LogP contribution in [0.3, 0.4) is 0 Å². The molecule has 0 amide bonds. The van der Waals surface area contributed by atoms with Crippen LogP contribution < -0.4 is 5.32 Å². The van der Waals surface area contributed by atoms with Crippen molar-refractivity contribution < 1.29 is 0 Å². The Hall–Kier alpha value is -0.840. The quantitative estimate of drug-likeness (QED) is 0.704. The van der Waals surface area contributed by atoms with E-state index in [2.05, 4.69) is 60.7 Å². The van der Waals surface area contributed by atoms with Crippen LogP contribution in [0.5, 0.6) is 0 Å². The molecule has 1 aromatic carbocycles. The van der Waals surface area contributed by atoms with Crippen molar-refractivity contribution in [3.05, 3.63) is 46.5 Å². The lowest BCUT2D eigenvalue weighted by atomic mass is 10.0. The van der Waals surface area contributed by atoms with Gasteiger partial charge < -0.3 is 5.32 Å². The number of aryl methyl sites for hydroxylation is 2. The van der Waals surface area contributed by atoms with Crippen molar-refractivity contribution in [1.82, 2.24) is 10.3 Å². The second-order valence-corrected chi connectivity index (χ2v) is 7.29. The van der Waals surface area contributed by atoms with Crippen LogP contribution >= 0.6 is 23.1 Å². The lowest BCUT2D eigenvalue weighted by Gasteiger charge is -2.18. The highest BCUT2D eigenvalue weighted by Gasteiger charge is 2.12. The van der Waals surface area contributed by atoms with Gasteiger partial charge in [0.25, 0.3) is 0 Å². The topological polar surface area (TPSA) is 24.9 Å². The molecule has 1 atom stereocenters. The summed E-state index contributed by atoms with van der Waals surface area (Å²) < 4.78 is 1.16. The fourth-order valence-electron chi connectivity index (χ4n) is 2.28.